The molecule has 0 bridgehead atoms. The van der Waals surface area contributed by atoms with Crippen molar-refractivity contribution in [2.75, 3.05) is 20.5 Å². The minimum absolute atomic E-state index is 0.117. The molecule has 0 saturated carbocycles. The fourth-order valence-electron chi connectivity index (χ4n) is 4.24. The molecule has 0 aliphatic carbocycles. The number of hydrogen-bond acceptors (Lipinski definition) is 7. The second-order valence-electron chi connectivity index (χ2n) is 8.56. The van der Waals surface area contributed by atoms with Crippen LogP contribution in [-0.2, 0) is 48.2 Å². The molecule has 1 aliphatic rings. The lowest BCUT2D eigenvalue weighted by Crippen LogP contribution is -2.61. The highest BCUT2D eigenvalue weighted by Crippen LogP contribution is 2.31. The van der Waals surface area contributed by atoms with Crippen LogP contribution in [0.25, 0.3) is 0 Å². The molecule has 1 heterocycles. The topological polar surface area (TPSA) is 75.6 Å². The molecule has 5 atom stereocenters. The van der Waals surface area contributed by atoms with Crippen LogP contribution in [0.3, 0.4) is 0 Å². The van der Waals surface area contributed by atoms with Crippen molar-refractivity contribution in [3.05, 3.63) is 108 Å². The predicted octanol–water partition coefficient (Wildman–Crippen LogP) is 4.08. The smallest absolute Gasteiger partial charge is 0.186 e. The molecule has 3 aromatic rings. The third-order valence-electron chi connectivity index (χ3n) is 6.05. The predicted molar refractivity (Wildman–Crippen MR) is 134 cm³/mol. The van der Waals surface area contributed by atoms with Gasteiger partial charge in [-0.05, 0) is 16.7 Å². The summed E-state index contributed by atoms with van der Waals surface area (Å²) in [6.45, 7) is 0.784. The molecule has 1 saturated heterocycles. The SMILES string of the molecule is COC1OC(COCO)C(OCc2ccccc2)C(OCc2ccccc2)C1OCc1ccccc1. The van der Waals surface area contributed by atoms with Crippen LogP contribution < -0.4 is 0 Å². The fraction of sp³-hybridized carbons (Fsp3) is 0.379. The van der Waals surface area contributed by atoms with Crippen molar-refractivity contribution in [3.8, 4) is 0 Å². The number of hydrogen-bond donors (Lipinski definition) is 1. The number of rotatable bonds is 13. The maximum atomic E-state index is 9.29. The van der Waals surface area contributed by atoms with Gasteiger partial charge < -0.3 is 33.5 Å². The van der Waals surface area contributed by atoms with Crippen molar-refractivity contribution in [3.63, 3.8) is 0 Å². The molecule has 0 amide bonds. The Bertz CT molecular complexity index is 986. The van der Waals surface area contributed by atoms with Gasteiger partial charge in [0.1, 0.15) is 31.2 Å². The van der Waals surface area contributed by atoms with E-state index in [4.69, 9.17) is 28.4 Å². The van der Waals surface area contributed by atoms with Gasteiger partial charge in [-0.1, -0.05) is 91.0 Å². The molecule has 3 aromatic carbocycles. The van der Waals surface area contributed by atoms with Crippen molar-refractivity contribution in [1.29, 1.82) is 0 Å². The molecule has 0 radical (unpaired) electrons. The van der Waals surface area contributed by atoms with E-state index >= 15 is 0 Å². The highest BCUT2D eigenvalue weighted by atomic mass is 16.7. The summed E-state index contributed by atoms with van der Waals surface area (Å²) in [5, 5.41) is 9.29. The van der Waals surface area contributed by atoms with E-state index < -0.39 is 37.5 Å². The lowest BCUT2D eigenvalue weighted by molar-refractivity contribution is -0.324. The lowest BCUT2D eigenvalue weighted by Gasteiger charge is -2.45. The molecular formula is C29H34O7. The fourth-order valence-corrected chi connectivity index (χ4v) is 4.24. The Morgan fingerprint density at radius 2 is 1.08 bits per heavy atom. The van der Waals surface area contributed by atoms with Gasteiger partial charge in [0.25, 0.3) is 0 Å². The van der Waals surface area contributed by atoms with Crippen molar-refractivity contribution in [2.24, 2.45) is 0 Å². The van der Waals surface area contributed by atoms with Gasteiger partial charge in [0, 0.05) is 7.11 Å². The summed E-state index contributed by atoms with van der Waals surface area (Å²) in [6.07, 6.45) is -2.87. The van der Waals surface area contributed by atoms with Crippen molar-refractivity contribution in [1.82, 2.24) is 0 Å². The second kappa shape index (κ2) is 14.2. The van der Waals surface area contributed by atoms with Gasteiger partial charge in [0.15, 0.2) is 6.29 Å². The van der Waals surface area contributed by atoms with Gasteiger partial charge in [-0.3, -0.25) is 0 Å². The zero-order chi connectivity index (χ0) is 25.0. The summed E-state index contributed by atoms with van der Waals surface area (Å²) in [5.74, 6) is 0. The number of aliphatic hydroxyl groups excluding tert-OH is 1. The number of benzene rings is 3. The van der Waals surface area contributed by atoms with Gasteiger partial charge >= 0.3 is 0 Å². The van der Waals surface area contributed by atoms with E-state index in [2.05, 4.69) is 0 Å². The summed E-state index contributed by atoms with van der Waals surface area (Å²) >= 11 is 0. The Balaban J connectivity index is 1.58. The molecule has 7 heteroatoms. The minimum atomic E-state index is -0.710. The van der Waals surface area contributed by atoms with Gasteiger partial charge in [-0.15, -0.1) is 0 Å². The third kappa shape index (κ3) is 7.44. The Kier molecular flexibility index (Phi) is 10.4. The molecule has 1 N–H and O–H groups in total. The molecule has 36 heavy (non-hydrogen) atoms. The number of aliphatic hydroxyl groups is 1. The van der Waals surface area contributed by atoms with Crippen LogP contribution >= 0.6 is 0 Å². The summed E-state index contributed by atoms with van der Waals surface area (Å²) < 4.78 is 36.5. The van der Waals surface area contributed by atoms with Gasteiger partial charge in [0.05, 0.1) is 26.4 Å². The van der Waals surface area contributed by atoms with Crippen LogP contribution in [0.2, 0.25) is 0 Å². The number of methoxy groups -OCH3 is 1. The van der Waals surface area contributed by atoms with Crippen LogP contribution in [0.5, 0.6) is 0 Å². The summed E-state index contributed by atoms with van der Waals surface area (Å²) in [5.41, 5.74) is 3.09. The van der Waals surface area contributed by atoms with Crippen molar-refractivity contribution in [2.45, 2.75) is 50.5 Å². The second-order valence-corrected chi connectivity index (χ2v) is 8.56. The minimum Gasteiger partial charge on any atom is -0.371 e. The average Bonchev–Trinajstić information content (AvgIpc) is 2.94. The molecule has 0 aromatic heterocycles. The molecule has 5 unspecified atom stereocenters. The molecule has 7 nitrogen and oxygen atoms in total. The van der Waals surface area contributed by atoms with E-state index in [0.29, 0.717) is 19.8 Å². The number of ether oxygens (including phenoxy) is 6. The van der Waals surface area contributed by atoms with E-state index in [-0.39, 0.29) is 6.61 Å². The van der Waals surface area contributed by atoms with Crippen LogP contribution in [0.15, 0.2) is 91.0 Å². The Hall–Kier alpha value is -2.62. The summed E-state index contributed by atoms with van der Waals surface area (Å²) in [7, 11) is 1.58. The zero-order valence-corrected chi connectivity index (χ0v) is 20.5. The largest absolute Gasteiger partial charge is 0.371 e. The zero-order valence-electron chi connectivity index (χ0n) is 20.5. The first-order chi connectivity index (χ1) is 17.8. The molecule has 1 fully saturated rings. The normalized spacial score (nSPS) is 24.0. The third-order valence-corrected chi connectivity index (χ3v) is 6.05. The van der Waals surface area contributed by atoms with Gasteiger partial charge in [-0.2, -0.15) is 0 Å². The highest BCUT2D eigenvalue weighted by molar-refractivity contribution is 5.15. The summed E-state index contributed by atoms with van der Waals surface area (Å²) in [6, 6.07) is 29.8. The molecular weight excluding hydrogens is 460 g/mol. The van der Waals surface area contributed by atoms with Crippen molar-refractivity contribution >= 4 is 0 Å². The van der Waals surface area contributed by atoms with E-state index in [1.807, 2.05) is 91.0 Å². The van der Waals surface area contributed by atoms with Crippen LogP contribution in [0.1, 0.15) is 16.7 Å². The summed E-state index contributed by atoms with van der Waals surface area (Å²) in [4.78, 5) is 0. The molecule has 192 valence electrons. The first-order valence-electron chi connectivity index (χ1n) is 12.1. The van der Waals surface area contributed by atoms with E-state index in [1.165, 1.54) is 0 Å². The first-order valence-corrected chi connectivity index (χ1v) is 12.1. The van der Waals surface area contributed by atoms with Gasteiger partial charge in [-0.25, -0.2) is 0 Å². The maximum absolute atomic E-state index is 9.29. The average molecular weight is 495 g/mol. The van der Waals surface area contributed by atoms with Gasteiger partial charge in [0.2, 0.25) is 0 Å². The monoisotopic (exact) mass is 494 g/mol. The maximum Gasteiger partial charge on any atom is 0.186 e. The first kappa shape index (κ1) is 26.4. The Labute approximate surface area is 212 Å². The molecule has 1 aliphatic heterocycles. The van der Waals surface area contributed by atoms with E-state index in [0.717, 1.165) is 16.7 Å². The molecule has 4 rings (SSSR count). The van der Waals surface area contributed by atoms with E-state index in [9.17, 15) is 5.11 Å². The standard InChI is InChI=1S/C29H34O7/c1-31-29-28(35-19-24-15-9-4-10-16-24)27(34-18-23-13-7-3-8-14-23)26(25(36-29)20-32-21-30)33-17-22-11-5-2-6-12-22/h2-16,25-30H,17-21H2,1H3. The Morgan fingerprint density at radius 1 is 0.639 bits per heavy atom. The highest BCUT2D eigenvalue weighted by Gasteiger charge is 2.48. The van der Waals surface area contributed by atoms with Crippen LogP contribution in [0.4, 0.5) is 0 Å². The van der Waals surface area contributed by atoms with Crippen molar-refractivity contribution < 1.29 is 33.5 Å². The quantitative estimate of drug-likeness (QED) is 0.359. The lowest BCUT2D eigenvalue weighted by atomic mass is 9.98. The van der Waals surface area contributed by atoms with E-state index in [1.54, 1.807) is 7.11 Å². The van der Waals surface area contributed by atoms with Crippen LogP contribution in [0, 0.1) is 0 Å². The Morgan fingerprint density at radius 3 is 1.53 bits per heavy atom. The molecule has 0 spiro atoms. The van der Waals surface area contributed by atoms with Crippen LogP contribution in [-0.4, -0.2) is 56.3 Å².